The Balaban J connectivity index is 2.22. The summed E-state index contributed by atoms with van der Waals surface area (Å²) in [7, 11) is 3.12. The van der Waals surface area contributed by atoms with Crippen molar-refractivity contribution >= 4 is 23.7 Å². The van der Waals surface area contributed by atoms with Crippen LogP contribution in [0.15, 0.2) is 64.6 Å². The van der Waals surface area contributed by atoms with Gasteiger partial charge >= 0.3 is 5.97 Å². The number of methoxy groups -OCH3 is 2. The fourth-order valence-electron chi connectivity index (χ4n) is 2.92. The molecule has 3 N–H and O–H groups in total. The molecule has 9 heteroatoms. The Kier molecular flexibility index (Phi) is 10.1. The van der Waals surface area contributed by atoms with E-state index in [9.17, 15) is 9.90 Å². The van der Waals surface area contributed by atoms with E-state index in [1.807, 2.05) is 25.1 Å². The highest BCUT2D eigenvalue weighted by atomic mass is 16.5. The second-order valence-corrected chi connectivity index (χ2v) is 7.03. The van der Waals surface area contributed by atoms with E-state index in [-0.39, 0.29) is 0 Å². The molecule has 0 radical (unpaired) electrons. The Hall–Kier alpha value is -3.46. The zero-order chi connectivity index (χ0) is 23.3. The number of aromatic nitrogens is 1. The van der Waals surface area contributed by atoms with Crippen LogP contribution < -0.4 is 10.6 Å². The second kappa shape index (κ2) is 13.1. The summed E-state index contributed by atoms with van der Waals surface area (Å²) < 4.78 is 10.2. The first-order valence-electron chi connectivity index (χ1n) is 10.4. The monoisotopic (exact) mass is 441 g/mol. The quantitative estimate of drug-likeness (QED) is 0.259. The second-order valence-electron chi connectivity index (χ2n) is 7.03. The standard InChI is InChI=1S/C23H31N5O4/c1-5-6-9-18(22(29)30)15-25-21-20-19(11-7-12-24-20)27-23(28-21)26-14-17(16(2)32-4)10-8-13-31-3/h7-8,10-13,15,18,23,26-27H,2,5-6,9,14H2,1,3-4H3,(H,29,30)/b13-8+,17-10-,25-15?. The van der Waals surface area contributed by atoms with E-state index in [1.165, 1.54) is 6.21 Å². The summed E-state index contributed by atoms with van der Waals surface area (Å²) in [5.74, 6) is -0.684. The number of carboxylic acid groups (broad SMARTS) is 1. The number of amidine groups is 1. The third kappa shape index (κ3) is 7.35. The number of rotatable bonds is 12. The molecule has 0 saturated carbocycles. The number of ether oxygens (including phenoxy) is 2. The van der Waals surface area contributed by atoms with Gasteiger partial charge in [-0.1, -0.05) is 32.4 Å². The van der Waals surface area contributed by atoms with Crippen molar-refractivity contribution in [2.45, 2.75) is 32.5 Å². The maximum atomic E-state index is 11.6. The first kappa shape index (κ1) is 24.8. The molecule has 2 rings (SSSR count). The minimum Gasteiger partial charge on any atom is -0.504 e. The van der Waals surface area contributed by atoms with Crippen LogP contribution in [0.5, 0.6) is 0 Å². The summed E-state index contributed by atoms with van der Waals surface area (Å²) in [5, 5.41) is 16.0. The summed E-state index contributed by atoms with van der Waals surface area (Å²) in [6.45, 7) is 6.33. The number of nitrogens with one attached hydrogen (secondary N) is 2. The topological polar surface area (TPSA) is 117 Å². The molecule has 2 unspecified atom stereocenters. The van der Waals surface area contributed by atoms with Crippen LogP contribution in [0.25, 0.3) is 0 Å². The Labute approximate surface area is 188 Å². The Morgan fingerprint density at radius 3 is 2.97 bits per heavy atom. The van der Waals surface area contributed by atoms with Gasteiger partial charge in [0.25, 0.3) is 0 Å². The van der Waals surface area contributed by atoms with Crippen LogP contribution in [0.1, 0.15) is 31.9 Å². The number of allylic oxidation sites excluding steroid dienone is 2. The van der Waals surface area contributed by atoms with Crippen molar-refractivity contribution in [2.24, 2.45) is 15.9 Å². The van der Waals surface area contributed by atoms with Crippen LogP contribution in [-0.2, 0) is 14.3 Å². The predicted molar refractivity (Wildman–Crippen MR) is 126 cm³/mol. The van der Waals surface area contributed by atoms with Crippen LogP contribution in [0.4, 0.5) is 5.69 Å². The van der Waals surface area contributed by atoms with Gasteiger partial charge in [0.1, 0.15) is 11.5 Å². The smallest absolute Gasteiger partial charge is 0.311 e. The molecule has 0 spiro atoms. The zero-order valence-corrected chi connectivity index (χ0v) is 18.7. The fourth-order valence-corrected chi connectivity index (χ4v) is 2.92. The van der Waals surface area contributed by atoms with Gasteiger partial charge in [0.2, 0.25) is 0 Å². The molecule has 172 valence electrons. The first-order chi connectivity index (χ1) is 15.5. The summed E-state index contributed by atoms with van der Waals surface area (Å²) in [6, 6.07) is 3.68. The molecule has 1 aromatic rings. The van der Waals surface area contributed by atoms with Gasteiger partial charge in [-0.15, -0.1) is 0 Å². The summed E-state index contributed by atoms with van der Waals surface area (Å²) >= 11 is 0. The van der Waals surface area contributed by atoms with Gasteiger partial charge in [0.15, 0.2) is 12.1 Å². The average Bonchev–Trinajstić information content (AvgIpc) is 2.80. The number of hydrogen-bond donors (Lipinski definition) is 3. The lowest BCUT2D eigenvalue weighted by Crippen LogP contribution is -2.39. The lowest BCUT2D eigenvalue weighted by molar-refractivity contribution is -0.139. The van der Waals surface area contributed by atoms with Crippen LogP contribution >= 0.6 is 0 Å². The number of hydrogen-bond acceptors (Lipinski definition) is 8. The van der Waals surface area contributed by atoms with Crippen molar-refractivity contribution in [1.82, 2.24) is 10.3 Å². The minimum absolute atomic E-state index is 0.370. The number of carboxylic acids is 1. The fraction of sp³-hybridized carbons (Fsp3) is 0.391. The summed E-state index contributed by atoms with van der Waals surface area (Å²) in [4.78, 5) is 24.9. The van der Waals surface area contributed by atoms with E-state index in [0.717, 1.165) is 24.1 Å². The van der Waals surface area contributed by atoms with Crippen LogP contribution in [-0.4, -0.2) is 55.2 Å². The number of fused-ring (bicyclic) bond motifs is 1. The molecule has 0 fully saturated rings. The molecule has 32 heavy (non-hydrogen) atoms. The molecule has 0 aliphatic carbocycles. The number of aliphatic imine (C=N–C) groups is 2. The number of aliphatic carboxylic acids is 1. The molecular weight excluding hydrogens is 410 g/mol. The molecule has 0 bridgehead atoms. The van der Waals surface area contributed by atoms with Crippen molar-refractivity contribution in [2.75, 3.05) is 26.1 Å². The van der Waals surface area contributed by atoms with Crippen LogP contribution in [0.3, 0.4) is 0 Å². The van der Waals surface area contributed by atoms with Crippen molar-refractivity contribution in [1.29, 1.82) is 0 Å². The highest BCUT2D eigenvalue weighted by Gasteiger charge is 2.22. The van der Waals surface area contributed by atoms with E-state index in [4.69, 9.17) is 9.47 Å². The maximum absolute atomic E-state index is 11.6. The zero-order valence-electron chi connectivity index (χ0n) is 18.7. The highest BCUT2D eigenvalue weighted by Crippen LogP contribution is 2.20. The molecule has 2 atom stereocenters. The summed E-state index contributed by atoms with van der Waals surface area (Å²) in [6.07, 6.45) is 9.98. The number of nitrogens with zero attached hydrogens (tertiary/aromatic N) is 3. The third-order valence-corrected chi connectivity index (χ3v) is 4.73. The molecule has 2 heterocycles. The van der Waals surface area contributed by atoms with Gasteiger partial charge in [-0.2, -0.15) is 0 Å². The Bertz CT molecular complexity index is 907. The maximum Gasteiger partial charge on any atom is 0.311 e. The Morgan fingerprint density at radius 1 is 1.47 bits per heavy atom. The largest absolute Gasteiger partial charge is 0.504 e. The van der Waals surface area contributed by atoms with Crippen LogP contribution in [0.2, 0.25) is 0 Å². The molecular formula is C23H31N5O4. The van der Waals surface area contributed by atoms with E-state index >= 15 is 0 Å². The van der Waals surface area contributed by atoms with Crippen molar-refractivity contribution < 1.29 is 19.4 Å². The number of pyridine rings is 1. The van der Waals surface area contributed by atoms with E-state index in [0.29, 0.717) is 30.3 Å². The molecule has 1 aliphatic rings. The van der Waals surface area contributed by atoms with Gasteiger partial charge in [-0.05, 0) is 24.6 Å². The van der Waals surface area contributed by atoms with Gasteiger partial charge < -0.3 is 19.9 Å². The molecule has 1 aromatic heterocycles. The van der Waals surface area contributed by atoms with Gasteiger partial charge in [-0.3, -0.25) is 15.1 Å². The SMILES string of the molecule is C=C(OC)/C(=C\C=C\OC)CNC1N=C(N=CC(CCCC)C(=O)O)c2ncccc2N1. The van der Waals surface area contributed by atoms with Gasteiger partial charge in [0.05, 0.1) is 32.1 Å². The van der Waals surface area contributed by atoms with E-state index in [2.05, 4.69) is 32.2 Å². The molecule has 0 aromatic carbocycles. The van der Waals surface area contributed by atoms with E-state index in [1.54, 1.807) is 32.8 Å². The normalized spacial score (nSPS) is 16.9. The first-order valence-corrected chi connectivity index (χ1v) is 10.4. The number of carbonyl (C=O) groups is 1. The molecule has 0 amide bonds. The minimum atomic E-state index is -0.898. The van der Waals surface area contributed by atoms with Gasteiger partial charge in [0, 0.05) is 24.5 Å². The van der Waals surface area contributed by atoms with Gasteiger partial charge in [-0.25, -0.2) is 9.98 Å². The van der Waals surface area contributed by atoms with Crippen molar-refractivity contribution in [3.05, 3.63) is 60.3 Å². The van der Waals surface area contributed by atoms with E-state index < -0.39 is 18.2 Å². The number of unbranched alkanes of at least 4 members (excludes halogenated alkanes) is 1. The van der Waals surface area contributed by atoms with Crippen molar-refractivity contribution in [3.63, 3.8) is 0 Å². The summed E-state index contributed by atoms with van der Waals surface area (Å²) in [5.41, 5.74) is 2.13. The number of anilines is 1. The van der Waals surface area contributed by atoms with Crippen molar-refractivity contribution in [3.8, 4) is 0 Å². The predicted octanol–water partition coefficient (Wildman–Crippen LogP) is 3.34. The van der Waals surface area contributed by atoms with Crippen LogP contribution in [0, 0.1) is 5.92 Å². The molecule has 1 aliphatic heterocycles. The Morgan fingerprint density at radius 2 is 2.28 bits per heavy atom. The molecule has 0 saturated heterocycles. The molecule has 9 nitrogen and oxygen atoms in total. The highest BCUT2D eigenvalue weighted by molar-refractivity contribution is 6.08. The average molecular weight is 442 g/mol. The lowest BCUT2D eigenvalue weighted by atomic mass is 10.0. The third-order valence-electron chi connectivity index (χ3n) is 4.73. The lowest BCUT2D eigenvalue weighted by Gasteiger charge is -2.24.